The van der Waals surface area contributed by atoms with Crippen LogP contribution in [0.1, 0.15) is 5.56 Å². The van der Waals surface area contributed by atoms with Gasteiger partial charge in [0.15, 0.2) is 0 Å². The maximum absolute atomic E-state index is 13.1. The number of anilines is 1. The fraction of sp³-hybridized carbons (Fsp3) is 0.100. The van der Waals surface area contributed by atoms with Gasteiger partial charge in [-0.3, -0.25) is 0 Å². The summed E-state index contributed by atoms with van der Waals surface area (Å²) in [7, 11) is 0. The lowest BCUT2D eigenvalue weighted by Gasteiger charge is -2.08. The van der Waals surface area contributed by atoms with E-state index in [2.05, 4.69) is 4.98 Å². The third-order valence-electron chi connectivity index (χ3n) is 2.09. The first-order valence-corrected chi connectivity index (χ1v) is 5.33. The third kappa shape index (κ3) is 2.38. The van der Waals surface area contributed by atoms with Gasteiger partial charge >= 0.3 is 6.18 Å². The van der Waals surface area contributed by atoms with Gasteiger partial charge in [0.2, 0.25) is 0 Å². The van der Waals surface area contributed by atoms with E-state index in [0.717, 1.165) is 23.5 Å². The van der Waals surface area contributed by atoms with Gasteiger partial charge in [0.05, 0.1) is 11.1 Å². The van der Waals surface area contributed by atoms with Crippen LogP contribution in [0.4, 0.5) is 22.6 Å². The number of halogens is 4. The van der Waals surface area contributed by atoms with Crippen molar-refractivity contribution in [1.82, 2.24) is 4.98 Å². The van der Waals surface area contributed by atoms with Gasteiger partial charge in [-0.05, 0) is 18.2 Å². The predicted molar refractivity (Wildman–Crippen MR) is 56.9 cm³/mol. The molecule has 0 aliphatic carbocycles. The molecule has 0 spiro atoms. The summed E-state index contributed by atoms with van der Waals surface area (Å²) in [5.41, 5.74) is 6.06. The van der Waals surface area contributed by atoms with Crippen LogP contribution in [0.5, 0.6) is 0 Å². The second kappa shape index (κ2) is 3.99. The molecule has 0 radical (unpaired) electrons. The summed E-state index contributed by atoms with van der Waals surface area (Å²) in [6.45, 7) is 0. The zero-order chi connectivity index (χ0) is 12.6. The lowest BCUT2D eigenvalue weighted by atomic mass is 10.1. The molecule has 2 aromatic rings. The fourth-order valence-corrected chi connectivity index (χ4v) is 1.92. The summed E-state index contributed by atoms with van der Waals surface area (Å²) in [6.07, 6.45) is -4.60. The number of aromatic nitrogens is 1. The predicted octanol–water partition coefficient (Wildman–Crippen LogP) is 3.55. The van der Waals surface area contributed by atoms with Crippen LogP contribution < -0.4 is 5.73 Å². The Balaban J connectivity index is 2.57. The van der Waals surface area contributed by atoms with Crippen LogP contribution >= 0.6 is 11.3 Å². The number of hydrogen-bond acceptors (Lipinski definition) is 3. The van der Waals surface area contributed by atoms with Crippen molar-refractivity contribution in [3.63, 3.8) is 0 Å². The zero-order valence-corrected chi connectivity index (χ0v) is 9.07. The lowest BCUT2D eigenvalue weighted by molar-refractivity contribution is -0.137. The molecule has 2 rings (SSSR count). The number of nitrogen functional groups attached to an aromatic ring is 1. The van der Waals surface area contributed by atoms with Crippen molar-refractivity contribution in [3.8, 4) is 11.3 Å². The molecule has 0 bridgehead atoms. The van der Waals surface area contributed by atoms with Crippen molar-refractivity contribution in [2.75, 3.05) is 5.73 Å². The molecule has 1 aromatic carbocycles. The van der Waals surface area contributed by atoms with Crippen molar-refractivity contribution in [1.29, 1.82) is 0 Å². The number of benzene rings is 1. The average Bonchev–Trinajstić information content (AvgIpc) is 2.62. The number of nitrogens with two attached hydrogens (primary N) is 1. The van der Waals surface area contributed by atoms with E-state index in [1.54, 1.807) is 0 Å². The smallest absolute Gasteiger partial charge is 0.389 e. The molecule has 0 aliphatic heterocycles. The minimum Gasteiger partial charge on any atom is -0.389 e. The molecule has 2 nitrogen and oxygen atoms in total. The molecular formula is C10H6F4N2S. The Labute approximate surface area is 97.7 Å². The van der Waals surface area contributed by atoms with E-state index in [1.165, 1.54) is 5.51 Å². The Hall–Kier alpha value is -1.63. The summed E-state index contributed by atoms with van der Waals surface area (Å²) in [5, 5.41) is 0.253. The van der Waals surface area contributed by atoms with Gasteiger partial charge in [-0.25, -0.2) is 9.37 Å². The van der Waals surface area contributed by atoms with Gasteiger partial charge in [0.25, 0.3) is 0 Å². The van der Waals surface area contributed by atoms with E-state index >= 15 is 0 Å². The summed E-state index contributed by atoms with van der Waals surface area (Å²) in [6, 6.07) is 2.24. The second-order valence-corrected chi connectivity index (χ2v) is 4.18. The van der Waals surface area contributed by atoms with Crippen molar-refractivity contribution >= 4 is 16.3 Å². The highest BCUT2D eigenvalue weighted by Crippen LogP contribution is 2.35. The topological polar surface area (TPSA) is 38.9 Å². The molecule has 1 heterocycles. The Morgan fingerprint density at radius 1 is 1.18 bits per heavy atom. The quantitative estimate of drug-likeness (QED) is 0.798. The molecule has 0 aliphatic rings. The van der Waals surface area contributed by atoms with Crippen LogP contribution in [-0.4, -0.2) is 4.98 Å². The number of rotatable bonds is 1. The first-order chi connectivity index (χ1) is 7.88. The molecule has 7 heteroatoms. The molecule has 17 heavy (non-hydrogen) atoms. The summed E-state index contributed by atoms with van der Waals surface area (Å²) >= 11 is 1.08. The zero-order valence-electron chi connectivity index (χ0n) is 8.25. The molecular weight excluding hydrogens is 256 g/mol. The maximum Gasteiger partial charge on any atom is 0.416 e. The number of thiazole rings is 1. The van der Waals surface area contributed by atoms with Gasteiger partial charge < -0.3 is 5.73 Å². The SMILES string of the molecule is Nc1scnc1-c1cc(F)cc(C(F)(F)F)c1. The van der Waals surface area contributed by atoms with Crippen LogP contribution in [0.25, 0.3) is 11.3 Å². The molecule has 0 saturated carbocycles. The Bertz CT molecular complexity index is 547. The molecule has 90 valence electrons. The normalized spacial score (nSPS) is 11.8. The standard InChI is InChI=1S/C10H6F4N2S/c11-7-2-5(8-9(15)17-4-16-8)1-6(3-7)10(12,13)14/h1-4H,15H2. The summed E-state index contributed by atoms with van der Waals surface area (Å²) < 4.78 is 50.5. The minimum atomic E-state index is -4.60. The third-order valence-corrected chi connectivity index (χ3v) is 2.75. The van der Waals surface area contributed by atoms with E-state index < -0.39 is 17.6 Å². The Morgan fingerprint density at radius 2 is 1.88 bits per heavy atom. The number of alkyl halides is 3. The minimum absolute atomic E-state index is 0.0241. The lowest BCUT2D eigenvalue weighted by Crippen LogP contribution is -2.05. The van der Waals surface area contributed by atoms with E-state index in [4.69, 9.17) is 5.73 Å². The highest BCUT2D eigenvalue weighted by Gasteiger charge is 2.31. The van der Waals surface area contributed by atoms with Crippen molar-refractivity contribution in [3.05, 3.63) is 35.1 Å². The van der Waals surface area contributed by atoms with Gasteiger partial charge in [-0.1, -0.05) is 0 Å². The van der Waals surface area contributed by atoms with Crippen molar-refractivity contribution in [2.24, 2.45) is 0 Å². The van der Waals surface area contributed by atoms with Crippen LogP contribution in [0.15, 0.2) is 23.7 Å². The molecule has 1 aromatic heterocycles. The molecule has 2 N–H and O–H groups in total. The fourth-order valence-electron chi connectivity index (χ4n) is 1.36. The van der Waals surface area contributed by atoms with Crippen molar-refractivity contribution in [2.45, 2.75) is 6.18 Å². The van der Waals surface area contributed by atoms with Gasteiger partial charge in [0, 0.05) is 5.56 Å². The van der Waals surface area contributed by atoms with E-state index in [-0.39, 0.29) is 16.3 Å². The van der Waals surface area contributed by atoms with Gasteiger partial charge in [-0.2, -0.15) is 13.2 Å². The van der Waals surface area contributed by atoms with Gasteiger partial charge in [0.1, 0.15) is 16.5 Å². The molecule has 0 saturated heterocycles. The first kappa shape index (κ1) is 11.8. The number of hydrogen-bond donors (Lipinski definition) is 1. The van der Waals surface area contributed by atoms with E-state index in [0.29, 0.717) is 6.07 Å². The first-order valence-electron chi connectivity index (χ1n) is 4.45. The highest BCUT2D eigenvalue weighted by molar-refractivity contribution is 7.14. The van der Waals surface area contributed by atoms with Crippen LogP contribution in [0, 0.1) is 5.82 Å². The Morgan fingerprint density at radius 3 is 2.41 bits per heavy atom. The molecule has 0 amide bonds. The Kier molecular flexibility index (Phi) is 2.78. The maximum atomic E-state index is 13.1. The van der Waals surface area contributed by atoms with Crippen LogP contribution in [0.2, 0.25) is 0 Å². The van der Waals surface area contributed by atoms with E-state index in [9.17, 15) is 17.6 Å². The average molecular weight is 262 g/mol. The summed E-state index contributed by atoms with van der Waals surface area (Å²) in [5.74, 6) is -0.970. The van der Waals surface area contributed by atoms with Crippen molar-refractivity contribution < 1.29 is 17.6 Å². The number of nitrogens with zero attached hydrogens (tertiary/aromatic N) is 1. The van der Waals surface area contributed by atoms with Crippen LogP contribution in [-0.2, 0) is 6.18 Å². The molecule has 0 fully saturated rings. The van der Waals surface area contributed by atoms with E-state index in [1.807, 2.05) is 0 Å². The monoisotopic (exact) mass is 262 g/mol. The van der Waals surface area contributed by atoms with Gasteiger partial charge in [-0.15, -0.1) is 11.3 Å². The molecule has 0 atom stereocenters. The highest BCUT2D eigenvalue weighted by atomic mass is 32.1. The summed E-state index contributed by atoms with van der Waals surface area (Å²) in [4.78, 5) is 3.81. The molecule has 0 unspecified atom stereocenters. The second-order valence-electron chi connectivity index (χ2n) is 3.29. The largest absolute Gasteiger partial charge is 0.416 e. The van der Waals surface area contributed by atoms with Crippen LogP contribution in [0.3, 0.4) is 0 Å².